The molecule has 0 atom stereocenters. The fourth-order valence-electron chi connectivity index (χ4n) is 4.09. The van der Waals surface area contributed by atoms with Gasteiger partial charge in [0, 0.05) is 40.0 Å². The van der Waals surface area contributed by atoms with Crippen molar-refractivity contribution in [3.05, 3.63) is 71.4 Å². The first-order valence-corrected chi connectivity index (χ1v) is 14.1. The first-order valence-electron chi connectivity index (χ1n) is 12.4. The average Bonchev–Trinajstić information content (AvgIpc) is 3.63. The van der Waals surface area contributed by atoms with E-state index in [0.717, 1.165) is 11.6 Å². The van der Waals surface area contributed by atoms with Crippen LogP contribution in [0.1, 0.15) is 10.4 Å². The van der Waals surface area contributed by atoms with Gasteiger partial charge in [-0.05, 0) is 30.3 Å². The summed E-state index contributed by atoms with van der Waals surface area (Å²) < 4.78 is 35.2. The second-order valence-corrected chi connectivity index (χ2v) is 10.6. The molecule has 2 heterocycles. The summed E-state index contributed by atoms with van der Waals surface area (Å²) in [5.41, 5.74) is 9.15. The number of nitrogen functional groups attached to an aromatic ring is 1. The van der Waals surface area contributed by atoms with Gasteiger partial charge in [-0.1, -0.05) is 23.5 Å². The number of hydrogen-bond donors (Lipinski definition) is 3. The second-order valence-electron chi connectivity index (χ2n) is 8.69. The maximum absolute atomic E-state index is 14.1. The molecular weight excluding hydrogens is 581 g/mol. The van der Waals surface area contributed by atoms with E-state index in [0.29, 0.717) is 55.2 Å². The maximum atomic E-state index is 14.1. The van der Waals surface area contributed by atoms with Crippen molar-refractivity contribution in [3.8, 4) is 44.1 Å². The van der Waals surface area contributed by atoms with Crippen molar-refractivity contribution in [2.75, 3.05) is 44.8 Å². The van der Waals surface area contributed by atoms with Crippen molar-refractivity contribution in [2.45, 2.75) is 0 Å². The quantitative estimate of drug-likeness (QED) is 0.159. The zero-order chi connectivity index (χ0) is 29.8. The minimum absolute atomic E-state index is 0.0681. The van der Waals surface area contributed by atoms with Gasteiger partial charge in [-0.15, -0.1) is 11.3 Å². The molecule has 0 saturated carbocycles. The third-order valence-corrected chi connectivity index (χ3v) is 8.08. The molecule has 216 valence electrons. The van der Waals surface area contributed by atoms with Crippen LogP contribution in [0.4, 0.5) is 26.7 Å². The van der Waals surface area contributed by atoms with Crippen molar-refractivity contribution >= 4 is 50.9 Å². The molecule has 13 heteroatoms. The molecule has 5 rings (SSSR count). The van der Waals surface area contributed by atoms with E-state index in [9.17, 15) is 9.18 Å². The number of halogens is 1. The van der Waals surface area contributed by atoms with Gasteiger partial charge in [-0.2, -0.15) is 0 Å². The summed E-state index contributed by atoms with van der Waals surface area (Å²) in [6, 6.07) is 14.8. The first kappa shape index (κ1) is 28.6. The number of nitrogens with two attached hydrogens (primary N) is 1. The predicted molar refractivity (Wildman–Crippen MR) is 163 cm³/mol. The van der Waals surface area contributed by atoms with E-state index in [1.54, 1.807) is 51.7 Å². The standard InChI is InChI=1S/C29H26FN5O5S2/c1-37-21-9-8-16(11-19(21)30)27(36)32-17-7-5-6-15(10-17)20-14-41-28(34-20)25-26(31)35-29(42-25)33-18-12-22(38-2)24(40-4)23(13-18)39-3/h5-14H,31H2,1-4H3,(H,32,36)(H,33,35). The number of amides is 1. The number of thiazole rings is 2. The number of aromatic nitrogens is 2. The zero-order valence-electron chi connectivity index (χ0n) is 23.0. The number of carbonyl (C=O) groups excluding carboxylic acids is 1. The van der Waals surface area contributed by atoms with E-state index in [4.69, 9.17) is 29.7 Å². The van der Waals surface area contributed by atoms with E-state index in [1.165, 1.54) is 41.9 Å². The van der Waals surface area contributed by atoms with Crippen molar-refractivity contribution in [3.63, 3.8) is 0 Å². The largest absolute Gasteiger partial charge is 0.494 e. The molecule has 5 aromatic rings. The van der Waals surface area contributed by atoms with E-state index in [2.05, 4.69) is 15.6 Å². The molecular formula is C29H26FN5O5S2. The van der Waals surface area contributed by atoms with Gasteiger partial charge in [0.15, 0.2) is 28.2 Å². The SMILES string of the molecule is COc1ccc(C(=O)Nc2cccc(-c3csc(-c4sc(Nc5cc(OC)c(OC)c(OC)c5)nc4N)n3)c2)cc1F. The van der Waals surface area contributed by atoms with Crippen LogP contribution in [0.5, 0.6) is 23.0 Å². The van der Waals surface area contributed by atoms with Gasteiger partial charge >= 0.3 is 0 Å². The number of anilines is 4. The Bertz CT molecular complexity index is 1730. The van der Waals surface area contributed by atoms with Crippen molar-refractivity contribution in [1.29, 1.82) is 0 Å². The summed E-state index contributed by atoms with van der Waals surface area (Å²) in [4.78, 5) is 22.6. The molecule has 0 saturated heterocycles. The molecule has 4 N–H and O–H groups in total. The summed E-state index contributed by atoms with van der Waals surface area (Å²) in [5, 5.41) is 9.20. The minimum Gasteiger partial charge on any atom is -0.494 e. The highest BCUT2D eigenvalue weighted by atomic mass is 32.1. The maximum Gasteiger partial charge on any atom is 0.255 e. The van der Waals surface area contributed by atoms with E-state index in [-0.39, 0.29) is 11.3 Å². The lowest BCUT2D eigenvalue weighted by Gasteiger charge is -2.14. The number of ether oxygens (including phenoxy) is 4. The number of hydrogen-bond acceptors (Lipinski definition) is 11. The molecule has 0 aliphatic carbocycles. The van der Waals surface area contributed by atoms with Crippen LogP contribution >= 0.6 is 22.7 Å². The molecule has 0 fully saturated rings. The third-order valence-electron chi connectivity index (χ3n) is 6.10. The molecule has 42 heavy (non-hydrogen) atoms. The summed E-state index contributed by atoms with van der Waals surface area (Å²) in [7, 11) is 6.00. The summed E-state index contributed by atoms with van der Waals surface area (Å²) in [6.45, 7) is 0. The van der Waals surface area contributed by atoms with Gasteiger partial charge in [0.2, 0.25) is 5.75 Å². The smallest absolute Gasteiger partial charge is 0.255 e. The monoisotopic (exact) mass is 607 g/mol. The molecule has 0 unspecified atom stereocenters. The molecule has 0 spiro atoms. The van der Waals surface area contributed by atoms with Crippen LogP contribution in [0.15, 0.2) is 60.0 Å². The molecule has 1 amide bonds. The Kier molecular flexibility index (Phi) is 8.41. The van der Waals surface area contributed by atoms with E-state index < -0.39 is 11.7 Å². The number of benzene rings is 3. The molecule has 0 bridgehead atoms. The van der Waals surface area contributed by atoms with Crippen molar-refractivity contribution < 1.29 is 28.1 Å². The van der Waals surface area contributed by atoms with Gasteiger partial charge < -0.3 is 35.3 Å². The second kappa shape index (κ2) is 12.3. The Hall–Kier alpha value is -4.88. The normalized spacial score (nSPS) is 10.7. The molecule has 2 aromatic heterocycles. The van der Waals surface area contributed by atoms with Crippen LogP contribution in [0.25, 0.3) is 21.1 Å². The molecule has 10 nitrogen and oxygen atoms in total. The van der Waals surface area contributed by atoms with Gasteiger partial charge in [-0.25, -0.2) is 14.4 Å². The minimum atomic E-state index is -0.613. The highest BCUT2D eigenvalue weighted by Gasteiger charge is 2.18. The van der Waals surface area contributed by atoms with Crippen LogP contribution in [0, 0.1) is 5.82 Å². The van der Waals surface area contributed by atoms with Crippen LogP contribution in [0.3, 0.4) is 0 Å². The highest BCUT2D eigenvalue weighted by Crippen LogP contribution is 2.43. The fraction of sp³-hybridized carbons (Fsp3) is 0.138. The van der Waals surface area contributed by atoms with Crippen LogP contribution in [-0.4, -0.2) is 44.3 Å². The zero-order valence-corrected chi connectivity index (χ0v) is 24.6. The Morgan fingerprint density at radius 3 is 2.29 bits per heavy atom. The Morgan fingerprint density at radius 1 is 0.881 bits per heavy atom. The van der Waals surface area contributed by atoms with Crippen LogP contribution < -0.4 is 35.3 Å². The van der Waals surface area contributed by atoms with Crippen molar-refractivity contribution in [2.24, 2.45) is 0 Å². The van der Waals surface area contributed by atoms with Crippen LogP contribution in [-0.2, 0) is 0 Å². The van der Waals surface area contributed by atoms with Gasteiger partial charge in [0.05, 0.1) is 34.1 Å². The van der Waals surface area contributed by atoms with E-state index in [1.807, 2.05) is 11.4 Å². The van der Waals surface area contributed by atoms with Gasteiger partial charge in [0.1, 0.15) is 15.7 Å². The lowest BCUT2D eigenvalue weighted by Crippen LogP contribution is -2.12. The lowest BCUT2D eigenvalue weighted by atomic mass is 10.1. The first-order chi connectivity index (χ1) is 20.3. The number of carbonyl (C=O) groups is 1. The number of rotatable bonds is 10. The molecule has 0 aliphatic heterocycles. The Labute approximate surface area is 248 Å². The highest BCUT2D eigenvalue weighted by molar-refractivity contribution is 7.23. The Balaban J connectivity index is 1.34. The number of nitrogens with one attached hydrogen (secondary N) is 2. The fourth-order valence-corrected chi connectivity index (χ4v) is 5.93. The summed E-state index contributed by atoms with van der Waals surface area (Å²) >= 11 is 2.78. The molecule has 0 aliphatic rings. The van der Waals surface area contributed by atoms with Crippen molar-refractivity contribution in [1.82, 2.24) is 9.97 Å². The van der Waals surface area contributed by atoms with E-state index >= 15 is 0 Å². The third kappa shape index (κ3) is 5.92. The Morgan fingerprint density at radius 2 is 1.62 bits per heavy atom. The van der Waals surface area contributed by atoms with Gasteiger partial charge in [-0.3, -0.25) is 4.79 Å². The predicted octanol–water partition coefficient (Wildman–Crippen LogP) is 6.69. The molecule has 3 aromatic carbocycles. The lowest BCUT2D eigenvalue weighted by molar-refractivity contribution is 0.102. The summed E-state index contributed by atoms with van der Waals surface area (Å²) in [5.74, 6) is 0.836. The van der Waals surface area contributed by atoms with Gasteiger partial charge in [0.25, 0.3) is 5.91 Å². The number of nitrogens with zero attached hydrogens (tertiary/aromatic N) is 2. The molecule has 0 radical (unpaired) electrons. The van der Waals surface area contributed by atoms with Crippen LogP contribution in [0.2, 0.25) is 0 Å². The average molecular weight is 608 g/mol. The summed E-state index contributed by atoms with van der Waals surface area (Å²) in [6.07, 6.45) is 0. The number of methoxy groups -OCH3 is 4. The topological polar surface area (TPSA) is 130 Å².